The Morgan fingerprint density at radius 1 is 1.28 bits per heavy atom. The molecule has 0 atom stereocenters. The van der Waals surface area contributed by atoms with Gasteiger partial charge in [0.05, 0.1) is 0 Å². The molecule has 1 rings (SSSR count). The van der Waals surface area contributed by atoms with E-state index in [0.717, 1.165) is 0 Å². The third-order valence-corrected chi connectivity index (χ3v) is 1.62. The van der Waals surface area contributed by atoms with Crippen LogP contribution >= 0.6 is 0 Å². The topological polar surface area (TPSA) is 77.0 Å². The number of hydrogen-bond donors (Lipinski definition) is 2. The van der Waals surface area contributed by atoms with Crippen molar-refractivity contribution in [2.75, 3.05) is 0 Å². The highest BCUT2D eigenvalue weighted by Gasteiger charge is 2.22. The van der Waals surface area contributed by atoms with Crippen LogP contribution in [0.2, 0.25) is 0 Å². The van der Waals surface area contributed by atoms with Crippen LogP contribution in [0, 0.1) is 0 Å². The summed E-state index contributed by atoms with van der Waals surface area (Å²) in [6, 6.07) is 8.56. The monoisotopic (exact) mass is 253 g/mol. The third kappa shape index (κ3) is 6.12. The molecule has 1 amide bonds. The predicted molar refractivity (Wildman–Crippen MR) is 65.5 cm³/mol. The van der Waals surface area contributed by atoms with Crippen LogP contribution in [0.25, 0.3) is 0 Å². The van der Waals surface area contributed by atoms with E-state index in [1.807, 2.05) is 5.48 Å². The van der Waals surface area contributed by atoms with Crippen molar-refractivity contribution in [1.82, 2.24) is 5.48 Å². The van der Waals surface area contributed by atoms with Crippen molar-refractivity contribution in [1.29, 1.82) is 0 Å². The van der Waals surface area contributed by atoms with Crippen molar-refractivity contribution < 1.29 is 24.0 Å². The molecule has 0 radical (unpaired) electrons. The summed E-state index contributed by atoms with van der Waals surface area (Å²) in [7, 11) is -1.61. The van der Waals surface area contributed by atoms with Crippen LogP contribution in [-0.4, -0.2) is 24.0 Å². The molecule has 0 aromatic heterocycles. The number of carbonyl (C=O) groups excluding carboxylic acids is 1. The van der Waals surface area contributed by atoms with E-state index in [1.54, 1.807) is 51.1 Å². The molecule has 0 aliphatic carbocycles. The summed E-state index contributed by atoms with van der Waals surface area (Å²) in [5.74, 6) is 0.413. The van der Waals surface area contributed by atoms with Crippen LogP contribution in [0.15, 0.2) is 30.3 Å². The zero-order chi connectivity index (χ0) is 13.6. The van der Waals surface area contributed by atoms with Gasteiger partial charge in [-0.3, -0.25) is 4.76 Å². The summed E-state index contributed by atoms with van der Waals surface area (Å²) in [6.07, 6.45) is -0.807. The van der Waals surface area contributed by atoms with Crippen LogP contribution in [0.1, 0.15) is 20.8 Å². The lowest BCUT2D eigenvalue weighted by Gasteiger charge is -2.19. The van der Waals surface area contributed by atoms with Gasteiger partial charge in [-0.15, -0.1) is 0 Å². The minimum absolute atomic E-state index is 0.413. The molecule has 0 saturated heterocycles. The third-order valence-electron chi connectivity index (χ3n) is 1.62. The van der Waals surface area contributed by atoms with E-state index in [4.69, 9.17) is 9.39 Å². The average Bonchev–Trinajstić information content (AvgIpc) is 2.25. The maximum atomic E-state index is 11.2. The molecular weight excluding hydrogens is 237 g/mol. The summed E-state index contributed by atoms with van der Waals surface area (Å²) in [4.78, 5) is 11.2. The van der Waals surface area contributed by atoms with Gasteiger partial charge in [-0.05, 0) is 32.9 Å². The Bertz CT molecular complexity index is 379. The lowest BCUT2D eigenvalue weighted by Crippen LogP contribution is -2.39. The molecule has 0 saturated carbocycles. The first-order valence-electron chi connectivity index (χ1n) is 5.41. The maximum Gasteiger partial charge on any atom is 0.733 e. The minimum atomic E-state index is -1.61. The number of amides is 1. The van der Waals surface area contributed by atoms with E-state index < -0.39 is 19.0 Å². The van der Waals surface area contributed by atoms with Crippen LogP contribution in [0.3, 0.4) is 0 Å². The number of carbonyl (C=O) groups is 1. The lowest BCUT2D eigenvalue weighted by molar-refractivity contribution is 0.0184. The second-order valence-electron chi connectivity index (χ2n) is 4.46. The molecule has 18 heavy (non-hydrogen) atoms. The van der Waals surface area contributed by atoms with Gasteiger partial charge in [0.15, 0.2) is 0 Å². The van der Waals surface area contributed by atoms with E-state index in [9.17, 15) is 9.82 Å². The summed E-state index contributed by atoms with van der Waals surface area (Å²) in [5, 5.41) is 9.34. The molecule has 0 heterocycles. The number of para-hydroxylation sites is 1. The van der Waals surface area contributed by atoms with Crippen molar-refractivity contribution in [2.24, 2.45) is 0 Å². The van der Waals surface area contributed by atoms with E-state index in [-0.39, 0.29) is 0 Å². The van der Waals surface area contributed by atoms with Gasteiger partial charge in [-0.2, -0.15) is 0 Å². The van der Waals surface area contributed by atoms with E-state index in [1.165, 1.54) is 0 Å². The molecule has 0 spiro atoms. The van der Waals surface area contributed by atoms with Gasteiger partial charge in [0.25, 0.3) is 0 Å². The van der Waals surface area contributed by atoms with Gasteiger partial charge < -0.3 is 14.4 Å². The number of rotatable bonds is 4. The average molecular weight is 253 g/mol. The van der Waals surface area contributed by atoms with Crippen LogP contribution in [-0.2, 0) is 9.49 Å². The standard InChI is InChI=1S/C11H16BNO5/c1-11(2,3)16-10(14)13-18-12(15)17-9-7-5-4-6-8-9/h4-8,15H,1-3H3,(H,13,14). The molecule has 1 aromatic carbocycles. The number of hydrogen-bond acceptors (Lipinski definition) is 5. The molecule has 6 nitrogen and oxygen atoms in total. The molecule has 2 N–H and O–H groups in total. The minimum Gasteiger partial charge on any atom is -0.511 e. The molecule has 7 heteroatoms. The van der Waals surface area contributed by atoms with Gasteiger partial charge in [0.2, 0.25) is 0 Å². The molecule has 0 bridgehead atoms. The number of nitrogens with one attached hydrogen (secondary N) is 1. The van der Waals surface area contributed by atoms with Gasteiger partial charge in [0, 0.05) is 0 Å². The van der Waals surface area contributed by atoms with E-state index >= 15 is 0 Å². The Morgan fingerprint density at radius 2 is 1.89 bits per heavy atom. The summed E-state index contributed by atoms with van der Waals surface area (Å²) in [6.45, 7) is 5.14. The van der Waals surface area contributed by atoms with Gasteiger partial charge in [-0.25, -0.2) is 10.3 Å². The smallest absolute Gasteiger partial charge is 0.511 e. The first kappa shape index (κ1) is 14.3. The Labute approximate surface area is 106 Å². The van der Waals surface area contributed by atoms with Crippen molar-refractivity contribution >= 4 is 13.4 Å². The largest absolute Gasteiger partial charge is 0.733 e. The summed E-state index contributed by atoms with van der Waals surface area (Å²) < 4.78 is 14.4. The van der Waals surface area contributed by atoms with Crippen LogP contribution < -0.4 is 10.1 Å². The highest BCUT2D eigenvalue weighted by Crippen LogP contribution is 2.09. The zero-order valence-corrected chi connectivity index (χ0v) is 10.5. The Kier molecular flexibility index (Phi) is 5.00. The SMILES string of the molecule is CC(C)(C)OC(=O)NOB(O)Oc1ccccc1. The Hall–Kier alpha value is -1.73. The van der Waals surface area contributed by atoms with Crippen LogP contribution in [0.4, 0.5) is 4.79 Å². The summed E-state index contributed by atoms with van der Waals surface area (Å²) in [5.41, 5.74) is 1.28. The molecule has 1 aromatic rings. The normalized spacial score (nSPS) is 10.7. The molecule has 0 aliphatic heterocycles. The van der Waals surface area contributed by atoms with Crippen molar-refractivity contribution in [3.8, 4) is 5.75 Å². The molecule has 0 aliphatic rings. The van der Waals surface area contributed by atoms with Crippen LogP contribution in [0.5, 0.6) is 5.75 Å². The van der Waals surface area contributed by atoms with Crippen molar-refractivity contribution in [3.63, 3.8) is 0 Å². The number of ether oxygens (including phenoxy) is 1. The van der Waals surface area contributed by atoms with Crippen molar-refractivity contribution in [3.05, 3.63) is 30.3 Å². The van der Waals surface area contributed by atoms with Gasteiger partial charge in [-0.1, -0.05) is 18.2 Å². The lowest BCUT2D eigenvalue weighted by atomic mass is 10.2. The van der Waals surface area contributed by atoms with E-state index in [0.29, 0.717) is 5.75 Å². The number of benzene rings is 1. The zero-order valence-electron chi connectivity index (χ0n) is 10.5. The fourth-order valence-corrected chi connectivity index (χ4v) is 1.04. The first-order valence-corrected chi connectivity index (χ1v) is 5.41. The van der Waals surface area contributed by atoms with E-state index in [2.05, 4.69) is 4.76 Å². The summed E-state index contributed by atoms with van der Waals surface area (Å²) >= 11 is 0. The van der Waals surface area contributed by atoms with Crippen molar-refractivity contribution in [2.45, 2.75) is 26.4 Å². The fraction of sp³-hybridized carbons (Fsp3) is 0.364. The quantitative estimate of drug-likeness (QED) is 0.628. The van der Waals surface area contributed by atoms with Gasteiger partial charge in [0.1, 0.15) is 11.4 Å². The maximum absolute atomic E-state index is 11.2. The number of hydroxylamine groups is 1. The van der Waals surface area contributed by atoms with Gasteiger partial charge >= 0.3 is 13.4 Å². The Balaban J connectivity index is 2.29. The first-order chi connectivity index (χ1) is 8.37. The Morgan fingerprint density at radius 3 is 2.44 bits per heavy atom. The molecular formula is C11H16BNO5. The molecule has 0 fully saturated rings. The second-order valence-corrected chi connectivity index (χ2v) is 4.46. The fourth-order valence-electron chi connectivity index (χ4n) is 1.04. The highest BCUT2D eigenvalue weighted by molar-refractivity contribution is 6.35. The predicted octanol–water partition coefficient (Wildman–Crippen LogP) is 1.50. The highest BCUT2D eigenvalue weighted by atomic mass is 16.8. The second kappa shape index (κ2) is 6.27. The molecule has 98 valence electrons. The molecule has 0 unspecified atom stereocenters.